The smallest absolute Gasteiger partial charge is 0.354 e. The van der Waals surface area contributed by atoms with Gasteiger partial charge in [-0.3, -0.25) is 0 Å². The highest BCUT2D eigenvalue weighted by Crippen LogP contribution is 2.36. The van der Waals surface area contributed by atoms with Crippen molar-refractivity contribution in [1.29, 1.82) is 0 Å². The first-order chi connectivity index (χ1) is 10.0. The number of H-pyrrole nitrogens is 1. The Morgan fingerprint density at radius 2 is 2.29 bits per heavy atom. The number of nitrogens with zero attached hydrogens (tertiary/aromatic N) is 1. The second kappa shape index (κ2) is 5.31. The maximum atomic E-state index is 14.2. The fraction of sp³-hybridized carbons (Fsp3) is 0.400. The summed E-state index contributed by atoms with van der Waals surface area (Å²) in [5.74, 6) is -0.759. The van der Waals surface area contributed by atoms with Gasteiger partial charge in [-0.05, 0) is 43.6 Å². The molecule has 1 aromatic carbocycles. The number of esters is 1. The fourth-order valence-electron chi connectivity index (χ4n) is 3.00. The van der Waals surface area contributed by atoms with Crippen molar-refractivity contribution < 1.29 is 13.9 Å². The van der Waals surface area contributed by atoms with Crippen molar-refractivity contribution >= 4 is 28.5 Å². The van der Waals surface area contributed by atoms with Crippen LogP contribution >= 0.6 is 11.6 Å². The molecule has 2 aromatic rings. The number of aromatic nitrogens is 1. The lowest BCUT2D eigenvalue weighted by atomic mass is 9.95. The van der Waals surface area contributed by atoms with Crippen molar-refractivity contribution in [2.24, 2.45) is 0 Å². The van der Waals surface area contributed by atoms with Gasteiger partial charge in [0.15, 0.2) is 5.82 Å². The topological polar surface area (TPSA) is 45.3 Å². The molecule has 1 saturated heterocycles. The third kappa shape index (κ3) is 2.40. The highest BCUT2D eigenvalue weighted by atomic mass is 35.5. The van der Waals surface area contributed by atoms with E-state index in [0.717, 1.165) is 25.1 Å². The van der Waals surface area contributed by atoms with E-state index in [2.05, 4.69) is 21.7 Å². The molecule has 0 saturated carbocycles. The van der Waals surface area contributed by atoms with Gasteiger partial charge in [0.1, 0.15) is 5.69 Å². The van der Waals surface area contributed by atoms with Gasteiger partial charge in [-0.15, -0.1) is 0 Å². The number of fused-ring (bicyclic) bond motifs is 1. The summed E-state index contributed by atoms with van der Waals surface area (Å²) in [6.07, 6.45) is 0.992. The lowest BCUT2D eigenvalue weighted by Crippen LogP contribution is -2.13. The number of methoxy groups -OCH3 is 1. The van der Waals surface area contributed by atoms with E-state index in [1.807, 2.05) is 0 Å². The number of nitrogens with one attached hydrogen (secondary N) is 1. The van der Waals surface area contributed by atoms with Gasteiger partial charge in [0.2, 0.25) is 0 Å². The monoisotopic (exact) mass is 310 g/mol. The first-order valence-corrected chi connectivity index (χ1v) is 7.16. The summed E-state index contributed by atoms with van der Waals surface area (Å²) < 4.78 is 18.9. The van der Waals surface area contributed by atoms with E-state index >= 15 is 0 Å². The number of carbonyl (C=O) groups excluding carboxylic acids is 1. The van der Waals surface area contributed by atoms with Crippen LogP contribution in [0.5, 0.6) is 0 Å². The third-order valence-electron chi connectivity index (χ3n) is 4.08. The summed E-state index contributed by atoms with van der Waals surface area (Å²) in [6.45, 7) is 1.89. The minimum Gasteiger partial charge on any atom is -0.464 e. The van der Waals surface area contributed by atoms with Crippen molar-refractivity contribution in [2.75, 3.05) is 27.2 Å². The number of hydrogen-bond donors (Lipinski definition) is 1. The minimum absolute atomic E-state index is 0.0744. The number of rotatable bonds is 2. The molecule has 1 fully saturated rings. The molecule has 4 nitrogen and oxygen atoms in total. The number of hydrogen-bond acceptors (Lipinski definition) is 3. The highest BCUT2D eigenvalue weighted by Gasteiger charge is 2.26. The molecule has 0 spiro atoms. The van der Waals surface area contributed by atoms with Gasteiger partial charge in [-0.2, -0.15) is 0 Å². The summed E-state index contributed by atoms with van der Waals surface area (Å²) in [6, 6.07) is 3.33. The van der Waals surface area contributed by atoms with Crippen LogP contribution in [0.3, 0.4) is 0 Å². The highest BCUT2D eigenvalue weighted by molar-refractivity contribution is 6.31. The van der Waals surface area contributed by atoms with E-state index in [1.165, 1.54) is 7.11 Å². The van der Waals surface area contributed by atoms with Crippen LogP contribution in [-0.2, 0) is 4.74 Å². The molecule has 0 radical (unpaired) electrons. The Labute approximate surface area is 126 Å². The zero-order chi connectivity index (χ0) is 15.1. The van der Waals surface area contributed by atoms with Crippen molar-refractivity contribution in [3.63, 3.8) is 0 Å². The summed E-state index contributed by atoms with van der Waals surface area (Å²) >= 11 is 6.01. The Morgan fingerprint density at radius 1 is 1.52 bits per heavy atom. The molecule has 1 unspecified atom stereocenters. The molecule has 1 aliphatic rings. The number of aromatic amines is 1. The van der Waals surface area contributed by atoms with E-state index in [1.54, 1.807) is 12.1 Å². The summed E-state index contributed by atoms with van der Waals surface area (Å²) in [7, 11) is 3.35. The normalized spacial score (nSPS) is 19.3. The maximum absolute atomic E-state index is 14.2. The first-order valence-electron chi connectivity index (χ1n) is 6.78. The number of benzene rings is 1. The van der Waals surface area contributed by atoms with E-state index in [9.17, 15) is 9.18 Å². The number of ether oxygens (including phenoxy) is 1. The molecule has 3 rings (SSSR count). The van der Waals surface area contributed by atoms with Crippen LogP contribution < -0.4 is 0 Å². The Morgan fingerprint density at radius 3 is 2.90 bits per heavy atom. The van der Waals surface area contributed by atoms with Gasteiger partial charge in [-0.25, -0.2) is 9.18 Å². The summed E-state index contributed by atoms with van der Waals surface area (Å²) in [5, 5.41) is 0.780. The van der Waals surface area contributed by atoms with E-state index in [0.29, 0.717) is 5.39 Å². The van der Waals surface area contributed by atoms with Gasteiger partial charge in [0.25, 0.3) is 0 Å². The summed E-state index contributed by atoms with van der Waals surface area (Å²) in [5.41, 5.74) is 1.49. The molecule has 0 bridgehead atoms. The largest absolute Gasteiger partial charge is 0.464 e. The molecule has 6 heteroatoms. The van der Waals surface area contributed by atoms with Gasteiger partial charge in [-0.1, -0.05) is 11.6 Å². The molecular formula is C15H16ClFN2O2. The number of likely N-dealkylation sites (tertiary alicyclic amines) is 1. The van der Waals surface area contributed by atoms with Crippen molar-refractivity contribution in [1.82, 2.24) is 9.88 Å². The summed E-state index contributed by atoms with van der Waals surface area (Å²) in [4.78, 5) is 16.7. The molecule has 1 N–H and O–H groups in total. The first kappa shape index (κ1) is 14.4. The van der Waals surface area contributed by atoms with E-state index in [4.69, 9.17) is 11.6 Å². The van der Waals surface area contributed by atoms with E-state index in [-0.39, 0.29) is 22.2 Å². The molecule has 1 aromatic heterocycles. The van der Waals surface area contributed by atoms with Crippen molar-refractivity contribution in [3.8, 4) is 0 Å². The second-order valence-corrected chi connectivity index (χ2v) is 5.88. The Balaban J connectivity index is 2.17. The number of halogens is 2. The molecule has 1 atom stereocenters. The van der Waals surface area contributed by atoms with Crippen molar-refractivity contribution in [2.45, 2.75) is 12.3 Å². The SMILES string of the molecule is COC(=O)c1cc2c(C3CCN(C)C3)cc(Cl)c(F)c2[nH]1. The standard InChI is InChI=1S/C15H16ClFN2O2/c1-19-4-3-8(7-19)9-5-11(16)13(17)14-10(9)6-12(18-14)15(20)21-2/h5-6,8,18H,3-4,7H2,1-2H3. The van der Waals surface area contributed by atoms with Crippen LogP contribution in [0.15, 0.2) is 12.1 Å². The zero-order valence-corrected chi connectivity index (χ0v) is 12.6. The lowest BCUT2D eigenvalue weighted by molar-refractivity contribution is 0.0595. The molecule has 21 heavy (non-hydrogen) atoms. The quantitative estimate of drug-likeness (QED) is 0.867. The zero-order valence-electron chi connectivity index (χ0n) is 11.9. The molecule has 112 valence electrons. The molecule has 2 heterocycles. The number of carbonyl (C=O) groups is 1. The van der Waals surface area contributed by atoms with Crippen LogP contribution in [0.1, 0.15) is 28.4 Å². The van der Waals surface area contributed by atoms with E-state index < -0.39 is 11.8 Å². The number of likely N-dealkylation sites (N-methyl/N-ethyl adjacent to an activating group) is 1. The third-order valence-corrected chi connectivity index (χ3v) is 4.35. The molecule has 0 amide bonds. The molecule has 0 aliphatic carbocycles. The maximum Gasteiger partial charge on any atom is 0.354 e. The molecular weight excluding hydrogens is 295 g/mol. The average Bonchev–Trinajstić information content (AvgIpc) is 3.08. The van der Waals surface area contributed by atoms with Crippen LogP contribution in [0.25, 0.3) is 10.9 Å². The lowest BCUT2D eigenvalue weighted by Gasteiger charge is -2.13. The van der Waals surface area contributed by atoms with Gasteiger partial charge >= 0.3 is 5.97 Å². The van der Waals surface area contributed by atoms with Gasteiger partial charge in [0, 0.05) is 11.9 Å². The Kier molecular flexibility index (Phi) is 3.63. The van der Waals surface area contributed by atoms with Gasteiger partial charge < -0.3 is 14.6 Å². The van der Waals surface area contributed by atoms with Crippen LogP contribution in [-0.4, -0.2) is 43.1 Å². The molecule has 1 aliphatic heterocycles. The minimum atomic E-state index is -0.531. The fourth-order valence-corrected chi connectivity index (χ4v) is 3.21. The average molecular weight is 311 g/mol. The van der Waals surface area contributed by atoms with Crippen molar-refractivity contribution in [3.05, 3.63) is 34.2 Å². The van der Waals surface area contributed by atoms with Crippen LogP contribution in [0, 0.1) is 5.82 Å². The Hall–Kier alpha value is -1.59. The predicted octanol–water partition coefficient (Wildman–Crippen LogP) is 3.17. The van der Waals surface area contributed by atoms with Gasteiger partial charge in [0.05, 0.1) is 17.6 Å². The van der Waals surface area contributed by atoms with Crippen LogP contribution in [0.4, 0.5) is 4.39 Å². The van der Waals surface area contributed by atoms with Crippen LogP contribution in [0.2, 0.25) is 5.02 Å². The second-order valence-electron chi connectivity index (χ2n) is 5.47. The predicted molar refractivity (Wildman–Crippen MR) is 79.5 cm³/mol. The Bertz CT molecular complexity index is 713.